The summed E-state index contributed by atoms with van der Waals surface area (Å²) in [7, 11) is 0. The van der Waals surface area contributed by atoms with Crippen molar-refractivity contribution < 1.29 is 32.5 Å². The minimum Gasteiger partial charge on any atom is -0.367 e. The maximum absolute atomic E-state index is 12.9. The number of hydrogen-bond acceptors (Lipinski definition) is 7. The maximum Gasteiger partial charge on any atom is 0.416 e. The molecule has 0 spiro atoms. The number of nitrogens with two attached hydrogens (primary N) is 1. The van der Waals surface area contributed by atoms with Gasteiger partial charge in [-0.25, -0.2) is 0 Å². The summed E-state index contributed by atoms with van der Waals surface area (Å²) in [5.74, 6) is -0.901. The Morgan fingerprint density at radius 3 is 2.16 bits per heavy atom. The Morgan fingerprint density at radius 1 is 1.24 bits per heavy atom. The number of amides is 1. The molecular weight excluding hydrogens is 353 g/mol. The molecule has 2 N–H and O–H groups in total. The van der Waals surface area contributed by atoms with E-state index in [1.54, 1.807) is 0 Å². The monoisotopic (exact) mass is 364 g/mol. The minimum atomic E-state index is -5.01. The average molecular weight is 364 g/mol. The SMILES string of the molecule is NC(=O)C1CN(c2c([N+](=O)[O-])cc(C(F)(F)F)cc2[N+](=O)[O-])CCO1. The molecule has 25 heavy (non-hydrogen) atoms. The molecule has 1 heterocycles. The fraction of sp³-hybridized carbons (Fsp3) is 0.417. The zero-order chi connectivity index (χ0) is 18.9. The van der Waals surface area contributed by atoms with E-state index >= 15 is 0 Å². The zero-order valence-electron chi connectivity index (χ0n) is 12.4. The van der Waals surface area contributed by atoms with Gasteiger partial charge in [0.15, 0.2) is 11.8 Å². The van der Waals surface area contributed by atoms with E-state index in [9.17, 15) is 38.2 Å². The fourth-order valence-electron chi connectivity index (χ4n) is 2.39. The van der Waals surface area contributed by atoms with Crippen LogP contribution in [0.1, 0.15) is 5.56 Å². The zero-order valence-corrected chi connectivity index (χ0v) is 12.4. The summed E-state index contributed by atoms with van der Waals surface area (Å²) in [5.41, 5.74) is 0.749. The molecule has 1 aliphatic heterocycles. The number of ether oxygens (including phenoxy) is 1. The number of primary amides is 1. The van der Waals surface area contributed by atoms with E-state index in [1.807, 2.05) is 0 Å². The van der Waals surface area contributed by atoms with Crippen molar-refractivity contribution in [1.29, 1.82) is 0 Å². The van der Waals surface area contributed by atoms with Crippen molar-refractivity contribution in [2.24, 2.45) is 5.73 Å². The molecule has 2 rings (SSSR count). The van der Waals surface area contributed by atoms with Gasteiger partial charge in [0.1, 0.15) is 0 Å². The van der Waals surface area contributed by atoms with E-state index in [-0.39, 0.29) is 31.8 Å². The van der Waals surface area contributed by atoms with Gasteiger partial charge >= 0.3 is 6.18 Å². The summed E-state index contributed by atoms with van der Waals surface area (Å²) in [6.45, 7) is -0.595. The average Bonchev–Trinajstić information content (AvgIpc) is 2.52. The second kappa shape index (κ2) is 6.51. The van der Waals surface area contributed by atoms with Gasteiger partial charge in [-0.3, -0.25) is 25.0 Å². The third-order valence-electron chi connectivity index (χ3n) is 3.49. The van der Waals surface area contributed by atoms with E-state index in [0.717, 1.165) is 4.90 Å². The quantitative estimate of drug-likeness (QED) is 0.625. The van der Waals surface area contributed by atoms with Crippen LogP contribution in [0.15, 0.2) is 12.1 Å². The lowest BCUT2D eigenvalue weighted by atomic mass is 10.1. The van der Waals surface area contributed by atoms with Crippen molar-refractivity contribution in [3.05, 3.63) is 37.9 Å². The van der Waals surface area contributed by atoms with Crippen LogP contribution in [-0.2, 0) is 15.7 Å². The number of benzene rings is 1. The van der Waals surface area contributed by atoms with Gasteiger partial charge in [-0.2, -0.15) is 13.2 Å². The number of nitrogens with zero attached hydrogens (tertiary/aromatic N) is 3. The summed E-state index contributed by atoms with van der Waals surface area (Å²) in [4.78, 5) is 32.4. The Morgan fingerprint density at radius 2 is 1.76 bits per heavy atom. The van der Waals surface area contributed by atoms with Gasteiger partial charge < -0.3 is 15.4 Å². The Kier molecular flexibility index (Phi) is 4.78. The molecule has 1 aromatic rings. The van der Waals surface area contributed by atoms with Gasteiger partial charge in [0.25, 0.3) is 11.4 Å². The minimum absolute atomic E-state index is 0.100. The van der Waals surface area contributed by atoms with Crippen LogP contribution >= 0.6 is 0 Å². The highest BCUT2D eigenvalue weighted by Gasteiger charge is 2.40. The van der Waals surface area contributed by atoms with Gasteiger partial charge in [-0.05, 0) is 0 Å². The van der Waals surface area contributed by atoms with Crippen molar-refractivity contribution in [1.82, 2.24) is 0 Å². The first-order valence-electron chi connectivity index (χ1n) is 6.72. The summed E-state index contributed by atoms with van der Waals surface area (Å²) < 4.78 is 43.7. The summed E-state index contributed by atoms with van der Waals surface area (Å²) >= 11 is 0. The Labute approximate surface area is 137 Å². The van der Waals surface area contributed by atoms with Crippen LogP contribution in [0.4, 0.5) is 30.2 Å². The number of alkyl halides is 3. The molecule has 1 amide bonds. The highest BCUT2D eigenvalue weighted by Crippen LogP contribution is 2.43. The molecule has 1 aromatic carbocycles. The molecule has 0 bridgehead atoms. The van der Waals surface area contributed by atoms with E-state index in [0.29, 0.717) is 0 Å². The van der Waals surface area contributed by atoms with Crippen LogP contribution in [0.25, 0.3) is 0 Å². The molecule has 136 valence electrons. The third-order valence-corrected chi connectivity index (χ3v) is 3.49. The molecule has 1 aliphatic rings. The van der Waals surface area contributed by atoms with Crippen molar-refractivity contribution in [3.8, 4) is 0 Å². The number of hydrogen-bond donors (Lipinski definition) is 1. The normalized spacial score (nSPS) is 18.0. The van der Waals surface area contributed by atoms with Crippen molar-refractivity contribution in [2.45, 2.75) is 12.3 Å². The van der Waals surface area contributed by atoms with Crippen LogP contribution in [0.5, 0.6) is 0 Å². The molecule has 1 fully saturated rings. The molecule has 1 atom stereocenters. The number of nitro groups is 2. The first kappa shape index (κ1) is 18.4. The number of carbonyl (C=O) groups excluding carboxylic acids is 1. The number of nitro benzene ring substituents is 2. The standard InChI is InChI=1S/C12H11F3N4O6/c13-12(14,15)6-3-7(18(21)22)10(8(4-6)19(23)24)17-1-2-25-9(5-17)11(16)20/h3-4,9H,1-2,5H2,(H2,16,20). The third kappa shape index (κ3) is 3.76. The highest BCUT2D eigenvalue weighted by atomic mass is 19.4. The molecule has 0 aliphatic carbocycles. The predicted octanol–water partition coefficient (Wildman–Crippen LogP) is 1.21. The summed E-state index contributed by atoms with van der Waals surface area (Å²) in [5, 5.41) is 22.4. The predicted molar refractivity (Wildman–Crippen MR) is 75.9 cm³/mol. The van der Waals surface area contributed by atoms with Crippen LogP contribution < -0.4 is 10.6 Å². The Hall–Kier alpha value is -2.96. The van der Waals surface area contributed by atoms with E-state index < -0.39 is 50.7 Å². The second-order valence-corrected chi connectivity index (χ2v) is 5.08. The fourth-order valence-corrected chi connectivity index (χ4v) is 2.39. The van der Waals surface area contributed by atoms with Crippen molar-refractivity contribution >= 4 is 23.0 Å². The van der Waals surface area contributed by atoms with Gasteiger partial charge in [-0.1, -0.05) is 0 Å². The lowest BCUT2D eigenvalue weighted by molar-refractivity contribution is -0.393. The largest absolute Gasteiger partial charge is 0.416 e. The number of anilines is 1. The lowest BCUT2D eigenvalue weighted by Crippen LogP contribution is -2.48. The van der Waals surface area contributed by atoms with Crippen LogP contribution in [0.2, 0.25) is 0 Å². The highest BCUT2D eigenvalue weighted by molar-refractivity contribution is 5.82. The molecule has 0 saturated carbocycles. The smallest absolute Gasteiger partial charge is 0.367 e. The lowest BCUT2D eigenvalue weighted by Gasteiger charge is -2.32. The van der Waals surface area contributed by atoms with E-state index in [2.05, 4.69) is 0 Å². The van der Waals surface area contributed by atoms with E-state index in [4.69, 9.17) is 10.5 Å². The number of rotatable bonds is 4. The topological polar surface area (TPSA) is 142 Å². The van der Waals surface area contributed by atoms with Crippen LogP contribution in [0, 0.1) is 20.2 Å². The molecule has 0 radical (unpaired) electrons. The van der Waals surface area contributed by atoms with Gasteiger partial charge in [0.2, 0.25) is 5.91 Å². The van der Waals surface area contributed by atoms with Crippen molar-refractivity contribution in [3.63, 3.8) is 0 Å². The van der Waals surface area contributed by atoms with Gasteiger partial charge in [0.05, 0.1) is 28.6 Å². The number of halogens is 3. The van der Waals surface area contributed by atoms with Crippen LogP contribution in [-0.4, -0.2) is 41.6 Å². The molecule has 1 unspecified atom stereocenters. The Balaban J connectivity index is 2.64. The summed E-state index contributed by atoms with van der Waals surface area (Å²) in [6.07, 6.45) is -6.20. The van der Waals surface area contributed by atoms with E-state index in [1.165, 1.54) is 0 Å². The molecule has 13 heteroatoms. The molecular formula is C12H11F3N4O6. The molecule has 1 saturated heterocycles. The Bertz CT molecular complexity index is 703. The second-order valence-electron chi connectivity index (χ2n) is 5.08. The van der Waals surface area contributed by atoms with Gasteiger partial charge in [0, 0.05) is 18.7 Å². The summed E-state index contributed by atoms with van der Waals surface area (Å²) in [6, 6.07) is 0.439. The first-order chi connectivity index (χ1) is 11.5. The number of carbonyl (C=O) groups is 1. The molecule has 0 aromatic heterocycles. The maximum atomic E-state index is 12.9. The first-order valence-corrected chi connectivity index (χ1v) is 6.72. The number of morpholine rings is 1. The van der Waals surface area contributed by atoms with Crippen molar-refractivity contribution in [2.75, 3.05) is 24.6 Å². The van der Waals surface area contributed by atoms with Gasteiger partial charge in [-0.15, -0.1) is 0 Å². The van der Waals surface area contributed by atoms with Crippen LogP contribution in [0.3, 0.4) is 0 Å². The molecule has 10 nitrogen and oxygen atoms in total.